The van der Waals surface area contributed by atoms with Gasteiger partial charge in [0.2, 0.25) is 5.91 Å². The zero-order valence-electron chi connectivity index (χ0n) is 12.4. The van der Waals surface area contributed by atoms with Gasteiger partial charge in [0.25, 0.3) is 0 Å². The lowest BCUT2D eigenvalue weighted by molar-refractivity contribution is 0.100. The lowest BCUT2D eigenvalue weighted by Gasteiger charge is -2.18. The van der Waals surface area contributed by atoms with Crippen LogP contribution in [0.3, 0.4) is 0 Å². The molecule has 1 aliphatic carbocycles. The number of benzene rings is 1. The first kappa shape index (κ1) is 14.4. The minimum atomic E-state index is -0.403. The van der Waals surface area contributed by atoms with Crippen molar-refractivity contribution in [2.24, 2.45) is 17.6 Å². The van der Waals surface area contributed by atoms with E-state index >= 15 is 0 Å². The van der Waals surface area contributed by atoms with Gasteiger partial charge in [-0.2, -0.15) is 0 Å². The van der Waals surface area contributed by atoms with Crippen LogP contribution in [0, 0.1) is 11.8 Å². The van der Waals surface area contributed by atoms with Crippen molar-refractivity contribution in [3.63, 3.8) is 0 Å². The highest BCUT2D eigenvalue weighted by molar-refractivity contribution is 5.92. The topological polar surface area (TPSA) is 64.4 Å². The molecule has 1 aromatic rings. The minimum absolute atomic E-state index is 0.403. The quantitative estimate of drug-likeness (QED) is 0.790. The fourth-order valence-electron chi connectivity index (χ4n) is 3.83. The van der Waals surface area contributed by atoms with Gasteiger partial charge in [-0.3, -0.25) is 4.79 Å². The van der Waals surface area contributed by atoms with Gasteiger partial charge < -0.3 is 15.8 Å². The van der Waals surface area contributed by atoms with Crippen LogP contribution in [-0.4, -0.2) is 25.1 Å². The molecule has 2 aliphatic rings. The molecule has 0 radical (unpaired) electrons. The van der Waals surface area contributed by atoms with Gasteiger partial charge in [0.05, 0.1) is 6.61 Å². The maximum Gasteiger partial charge on any atom is 0.248 e. The van der Waals surface area contributed by atoms with Gasteiger partial charge in [0.15, 0.2) is 0 Å². The van der Waals surface area contributed by atoms with E-state index < -0.39 is 5.91 Å². The number of amides is 1. The molecule has 21 heavy (non-hydrogen) atoms. The summed E-state index contributed by atoms with van der Waals surface area (Å²) in [6, 6.07) is 7.72. The Morgan fingerprint density at radius 3 is 2.86 bits per heavy atom. The van der Waals surface area contributed by atoms with Crippen LogP contribution >= 0.6 is 0 Å². The first-order valence-electron chi connectivity index (χ1n) is 8.00. The Kier molecular flexibility index (Phi) is 4.44. The number of hydrogen-bond acceptors (Lipinski definition) is 3. The van der Waals surface area contributed by atoms with Crippen LogP contribution in [0.2, 0.25) is 0 Å². The molecule has 3 rings (SSSR count). The highest BCUT2D eigenvalue weighted by Gasteiger charge is 2.38. The number of nitrogens with two attached hydrogens (primary N) is 1. The third-order valence-corrected chi connectivity index (χ3v) is 4.94. The van der Waals surface area contributed by atoms with E-state index in [-0.39, 0.29) is 0 Å². The number of rotatable bonds is 6. The van der Waals surface area contributed by atoms with E-state index in [2.05, 4.69) is 5.32 Å². The number of primary amides is 1. The Morgan fingerprint density at radius 2 is 2.10 bits per heavy atom. The van der Waals surface area contributed by atoms with Gasteiger partial charge in [-0.15, -0.1) is 0 Å². The first-order valence-corrected chi connectivity index (χ1v) is 8.00. The number of nitrogens with one attached hydrogen (secondary N) is 1. The lowest BCUT2D eigenvalue weighted by atomic mass is 9.91. The van der Waals surface area contributed by atoms with Crippen molar-refractivity contribution < 1.29 is 9.53 Å². The largest absolute Gasteiger partial charge is 0.494 e. The molecule has 1 saturated carbocycles. The summed E-state index contributed by atoms with van der Waals surface area (Å²) < 4.78 is 5.73. The number of hydrogen-bond donors (Lipinski definition) is 2. The molecule has 1 amide bonds. The summed E-state index contributed by atoms with van der Waals surface area (Å²) in [7, 11) is 0. The summed E-state index contributed by atoms with van der Waals surface area (Å²) in [6.45, 7) is 1.94. The third-order valence-electron chi connectivity index (χ3n) is 4.94. The Balaban J connectivity index is 1.39. The van der Waals surface area contributed by atoms with E-state index in [0.717, 1.165) is 30.6 Å². The molecule has 0 bridgehead atoms. The normalized spacial score (nSPS) is 27.5. The van der Waals surface area contributed by atoms with Gasteiger partial charge in [0.1, 0.15) is 5.75 Å². The van der Waals surface area contributed by atoms with Crippen LogP contribution in [0.5, 0.6) is 5.75 Å². The molecular weight excluding hydrogens is 264 g/mol. The van der Waals surface area contributed by atoms with E-state index in [1.165, 1.54) is 32.2 Å². The van der Waals surface area contributed by atoms with E-state index in [0.29, 0.717) is 11.6 Å². The second-order valence-electron chi connectivity index (χ2n) is 6.25. The maximum absolute atomic E-state index is 11.0. The standard InChI is InChI=1S/C17H24N2O2/c18-17(20)12-6-8-14(9-7-12)21-10-2-5-16-15-4-1-3-13(15)11-19-16/h6-9,13,15-16,19H,1-5,10-11H2,(H2,18,20). The summed E-state index contributed by atoms with van der Waals surface area (Å²) in [5.74, 6) is 2.23. The smallest absolute Gasteiger partial charge is 0.248 e. The molecule has 3 unspecified atom stereocenters. The monoisotopic (exact) mass is 288 g/mol. The number of ether oxygens (including phenoxy) is 1. The average Bonchev–Trinajstić information content (AvgIpc) is 3.08. The van der Waals surface area contributed by atoms with E-state index in [4.69, 9.17) is 10.5 Å². The fourth-order valence-corrected chi connectivity index (χ4v) is 3.83. The Labute approximate surface area is 126 Å². The Hall–Kier alpha value is -1.55. The molecule has 3 atom stereocenters. The van der Waals surface area contributed by atoms with Crippen LogP contribution in [0.25, 0.3) is 0 Å². The molecule has 114 valence electrons. The van der Waals surface area contributed by atoms with Gasteiger partial charge in [-0.1, -0.05) is 6.42 Å². The molecule has 1 heterocycles. The van der Waals surface area contributed by atoms with Crippen LogP contribution in [0.15, 0.2) is 24.3 Å². The van der Waals surface area contributed by atoms with E-state index in [1.807, 2.05) is 0 Å². The molecule has 0 aromatic heterocycles. The predicted octanol–water partition coefficient (Wildman–Crippen LogP) is 2.33. The second-order valence-corrected chi connectivity index (χ2v) is 6.25. The molecule has 4 heteroatoms. The van der Waals surface area contributed by atoms with Crippen molar-refractivity contribution in [3.05, 3.63) is 29.8 Å². The molecule has 3 N–H and O–H groups in total. The van der Waals surface area contributed by atoms with Crippen LogP contribution in [0.4, 0.5) is 0 Å². The fraction of sp³-hybridized carbons (Fsp3) is 0.588. The molecule has 1 aromatic carbocycles. The zero-order valence-corrected chi connectivity index (χ0v) is 12.4. The molecule has 1 aliphatic heterocycles. The van der Waals surface area contributed by atoms with E-state index in [9.17, 15) is 4.79 Å². The van der Waals surface area contributed by atoms with Crippen LogP contribution in [-0.2, 0) is 0 Å². The van der Waals surface area contributed by atoms with Crippen molar-refractivity contribution in [1.82, 2.24) is 5.32 Å². The summed E-state index contributed by atoms with van der Waals surface area (Å²) in [5.41, 5.74) is 5.73. The maximum atomic E-state index is 11.0. The highest BCUT2D eigenvalue weighted by Crippen LogP contribution is 2.38. The SMILES string of the molecule is NC(=O)c1ccc(OCCCC2NCC3CCCC32)cc1. The third kappa shape index (κ3) is 3.38. The van der Waals surface area contributed by atoms with Crippen LogP contribution in [0.1, 0.15) is 42.5 Å². The van der Waals surface area contributed by atoms with Gasteiger partial charge >= 0.3 is 0 Å². The van der Waals surface area contributed by atoms with E-state index in [1.54, 1.807) is 24.3 Å². The van der Waals surface area contributed by atoms with Crippen molar-refractivity contribution in [1.29, 1.82) is 0 Å². The van der Waals surface area contributed by atoms with Gasteiger partial charge in [0, 0.05) is 11.6 Å². The molecule has 1 saturated heterocycles. The summed E-state index contributed by atoms with van der Waals surface area (Å²) in [6.07, 6.45) is 6.49. The summed E-state index contributed by atoms with van der Waals surface area (Å²) >= 11 is 0. The lowest BCUT2D eigenvalue weighted by Crippen LogP contribution is -2.27. The van der Waals surface area contributed by atoms with Gasteiger partial charge in [-0.25, -0.2) is 0 Å². The second kappa shape index (κ2) is 6.48. The van der Waals surface area contributed by atoms with Crippen molar-refractivity contribution in [3.8, 4) is 5.75 Å². The average molecular weight is 288 g/mol. The predicted molar refractivity (Wildman–Crippen MR) is 82.3 cm³/mol. The minimum Gasteiger partial charge on any atom is -0.494 e. The first-order chi connectivity index (χ1) is 10.2. The molecule has 0 spiro atoms. The molecule has 2 fully saturated rings. The van der Waals surface area contributed by atoms with Gasteiger partial charge in [-0.05, 0) is 68.3 Å². The number of carbonyl (C=O) groups is 1. The Morgan fingerprint density at radius 1 is 1.29 bits per heavy atom. The summed E-state index contributed by atoms with van der Waals surface area (Å²) in [5, 5.41) is 3.67. The molecular formula is C17H24N2O2. The van der Waals surface area contributed by atoms with Crippen LogP contribution < -0.4 is 15.8 Å². The van der Waals surface area contributed by atoms with Crippen molar-refractivity contribution in [2.45, 2.75) is 38.1 Å². The molecule has 4 nitrogen and oxygen atoms in total. The highest BCUT2D eigenvalue weighted by atomic mass is 16.5. The number of fused-ring (bicyclic) bond motifs is 1. The summed E-state index contributed by atoms with van der Waals surface area (Å²) in [4.78, 5) is 11.0. The van der Waals surface area contributed by atoms with Crippen molar-refractivity contribution >= 4 is 5.91 Å². The zero-order chi connectivity index (χ0) is 14.7. The number of carbonyl (C=O) groups excluding carboxylic acids is 1. The van der Waals surface area contributed by atoms with Crippen molar-refractivity contribution in [2.75, 3.05) is 13.2 Å². The Bertz CT molecular complexity index is 486.